The molecule has 1 aromatic heterocycles. The summed E-state index contributed by atoms with van der Waals surface area (Å²) in [7, 11) is 0. The first-order valence-electron chi connectivity index (χ1n) is 10.8. The minimum absolute atomic E-state index is 0.213. The zero-order valence-corrected chi connectivity index (χ0v) is 18.6. The molecule has 0 aliphatic rings. The minimum atomic E-state index is -0.783. The Morgan fingerprint density at radius 1 is 1.06 bits per heavy atom. The quantitative estimate of drug-likeness (QED) is 0.340. The van der Waals surface area contributed by atoms with Gasteiger partial charge < -0.3 is 15.0 Å². The molecule has 0 bridgehead atoms. The highest BCUT2D eigenvalue weighted by molar-refractivity contribution is 5.55. The lowest BCUT2D eigenvalue weighted by molar-refractivity contribution is 0.477. The third-order valence-electron chi connectivity index (χ3n) is 4.89. The Kier molecular flexibility index (Phi) is 8.08. The molecule has 168 valence electrons. The molecule has 1 atom stereocenters. The Labute approximate surface area is 187 Å². The number of anilines is 3. The van der Waals surface area contributed by atoms with Crippen LogP contribution in [0.2, 0.25) is 0 Å². The van der Waals surface area contributed by atoms with E-state index in [1.807, 2.05) is 18.2 Å². The van der Waals surface area contributed by atoms with Crippen molar-refractivity contribution < 1.29 is 9.13 Å². The zero-order chi connectivity index (χ0) is 22.9. The van der Waals surface area contributed by atoms with Gasteiger partial charge in [-0.15, -0.1) is 0 Å². The van der Waals surface area contributed by atoms with Gasteiger partial charge in [0.2, 0.25) is 5.95 Å². The number of nitrogens with one attached hydrogen (secondary N) is 1. The van der Waals surface area contributed by atoms with E-state index >= 15 is 0 Å². The molecule has 3 aromatic rings. The summed E-state index contributed by atoms with van der Waals surface area (Å²) >= 11 is 0. The number of hydrogen-bond donors (Lipinski definition) is 1. The Morgan fingerprint density at radius 2 is 1.78 bits per heavy atom. The molecule has 0 saturated carbocycles. The van der Waals surface area contributed by atoms with Gasteiger partial charge in [-0.1, -0.05) is 25.1 Å². The fraction of sp³-hybridized carbons (Fsp3) is 0.333. The number of ether oxygens (including phenoxy) is 1. The SMILES string of the molecule is CCCN(CCC)c1cccc(Oc2cnc(Nc3ccc(F)c(C(C)N=O)c3)nc2)c1. The van der Waals surface area contributed by atoms with Crippen LogP contribution in [-0.4, -0.2) is 23.1 Å². The summed E-state index contributed by atoms with van der Waals surface area (Å²) in [5.41, 5.74) is 1.90. The third kappa shape index (κ3) is 6.00. The van der Waals surface area contributed by atoms with Gasteiger partial charge in [-0.25, -0.2) is 14.4 Å². The standard InChI is InChI=1S/C24H28FN5O2/c1-4-11-30(12-5-2)19-7-6-8-20(14-19)32-21-15-26-24(27-16-21)28-18-9-10-23(25)22(13-18)17(3)29-31/h6-10,13-17H,4-5,11-12H2,1-3H3,(H,26,27,28). The van der Waals surface area contributed by atoms with Crippen LogP contribution in [0.5, 0.6) is 11.5 Å². The lowest BCUT2D eigenvalue weighted by atomic mass is 10.1. The predicted molar refractivity (Wildman–Crippen MR) is 125 cm³/mol. The number of aromatic nitrogens is 2. The molecule has 0 aliphatic carbocycles. The van der Waals surface area contributed by atoms with E-state index in [1.54, 1.807) is 18.5 Å². The molecule has 1 heterocycles. The summed E-state index contributed by atoms with van der Waals surface area (Å²) in [6.07, 6.45) is 5.29. The van der Waals surface area contributed by atoms with E-state index < -0.39 is 11.9 Å². The predicted octanol–water partition coefficient (Wildman–Crippen LogP) is 6.61. The number of halogens is 1. The van der Waals surface area contributed by atoms with Crippen molar-refractivity contribution in [2.75, 3.05) is 23.3 Å². The molecule has 0 aliphatic heterocycles. The highest BCUT2D eigenvalue weighted by Crippen LogP contribution is 2.27. The molecule has 0 spiro atoms. The van der Waals surface area contributed by atoms with Crippen molar-refractivity contribution in [2.24, 2.45) is 5.18 Å². The number of hydrogen-bond acceptors (Lipinski definition) is 7. The van der Waals surface area contributed by atoms with Gasteiger partial charge in [-0.3, -0.25) is 0 Å². The van der Waals surface area contributed by atoms with E-state index in [0.717, 1.165) is 31.6 Å². The fourth-order valence-corrected chi connectivity index (χ4v) is 3.35. The maximum atomic E-state index is 13.9. The zero-order valence-electron chi connectivity index (χ0n) is 18.6. The topological polar surface area (TPSA) is 79.7 Å². The van der Waals surface area contributed by atoms with Crippen LogP contribution < -0.4 is 15.0 Å². The summed E-state index contributed by atoms with van der Waals surface area (Å²) in [6.45, 7) is 7.86. The fourth-order valence-electron chi connectivity index (χ4n) is 3.35. The van der Waals surface area contributed by atoms with Crippen LogP contribution in [0, 0.1) is 10.7 Å². The average Bonchev–Trinajstić information content (AvgIpc) is 2.81. The first-order chi connectivity index (χ1) is 15.5. The van der Waals surface area contributed by atoms with Gasteiger partial charge in [0, 0.05) is 36.1 Å². The van der Waals surface area contributed by atoms with Gasteiger partial charge in [0.1, 0.15) is 17.6 Å². The van der Waals surface area contributed by atoms with E-state index in [1.165, 1.54) is 19.1 Å². The molecule has 1 N–H and O–H groups in total. The number of nitrogens with zero attached hydrogens (tertiary/aromatic N) is 4. The molecule has 0 amide bonds. The number of rotatable bonds is 11. The Hall–Kier alpha value is -3.55. The van der Waals surface area contributed by atoms with E-state index in [-0.39, 0.29) is 5.56 Å². The van der Waals surface area contributed by atoms with Crippen molar-refractivity contribution in [2.45, 2.75) is 39.7 Å². The molecule has 3 rings (SSSR count). The molecule has 0 radical (unpaired) electrons. The molecule has 0 fully saturated rings. The van der Waals surface area contributed by atoms with Crippen molar-refractivity contribution in [1.82, 2.24) is 9.97 Å². The smallest absolute Gasteiger partial charge is 0.227 e. The minimum Gasteiger partial charge on any atom is -0.454 e. The van der Waals surface area contributed by atoms with Crippen molar-refractivity contribution >= 4 is 17.3 Å². The number of nitroso groups, excluding NO2 is 1. The maximum Gasteiger partial charge on any atom is 0.227 e. The van der Waals surface area contributed by atoms with E-state index in [0.29, 0.717) is 23.1 Å². The van der Waals surface area contributed by atoms with Crippen LogP contribution in [0.3, 0.4) is 0 Å². The van der Waals surface area contributed by atoms with Crippen LogP contribution >= 0.6 is 0 Å². The van der Waals surface area contributed by atoms with Crippen molar-refractivity contribution in [1.29, 1.82) is 0 Å². The molecular formula is C24H28FN5O2. The molecule has 2 aromatic carbocycles. The van der Waals surface area contributed by atoms with Crippen LogP contribution in [0.1, 0.15) is 45.2 Å². The molecule has 32 heavy (non-hydrogen) atoms. The first kappa shape index (κ1) is 23.1. The van der Waals surface area contributed by atoms with E-state index in [9.17, 15) is 9.30 Å². The molecule has 8 heteroatoms. The molecular weight excluding hydrogens is 409 g/mol. The van der Waals surface area contributed by atoms with Crippen molar-refractivity contribution in [3.63, 3.8) is 0 Å². The largest absolute Gasteiger partial charge is 0.454 e. The highest BCUT2D eigenvalue weighted by Gasteiger charge is 2.12. The highest BCUT2D eigenvalue weighted by atomic mass is 19.1. The summed E-state index contributed by atoms with van der Waals surface area (Å²) in [5.74, 6) is 1.06. The van der Waals surface area contributed by atoms with Gasteiger partial charge in [-0.2, -0.15) is 4.91 Å². The van der Waals surface area contributed by atoms with Gasteiger partial charge in [-0.05, 0) is 50.1 Å². The Bertz CT molecular complexity index is 1020. The van der Waals surface area contributed by atoms with Crippen LogP contribution in [0.4, 0.5) is 21.7 Å². The summed E-state index contributed by atoms with van der Waals surface area (Å²) in [6, 6.07) is 11.5. The van der Waals surface area contributed by atoms with Gasteiger partial charge in [0.15, 0.2) is 5.75 Å². The van der Waals surface area contributed by atoms with Crippen molar-refractivity contribution in [3.8, 4) is 11.5 Å². The van der Waals surface area contributed by atoms with Gasteiger partial charge in [0.25, 0.3) is 0 Å². The second kappa shape index (κ2) is 11.2. The molecule has 7 nitrogen and oxygen atoms in total. The van der Waals surface area contributed by atoms with Crippen LogP contribution in [-0.2, 0) is 0 Å². The summed E-state index contributed by atoms with van der Waals surface area (Å²) in [5, 5.41) is 5.89. The van der Waals surface area contributed by atoms with Crippen molar-refractivity contribution in [3.05, 3.63) is 71.1 Å². The summed E-state index contributed by atoms with van der Waals surface area (Å²) in [4.78, 5) is 21.6. The van der Waals surface area contributed by atoms with E-state index in [2.05, 4.69) is 45.3 Å². The lowest BCUT2D eigenvalue weighted by Crippen LogP contribution is -2.24. The monoisotopic (exact) mass is 437 g/mol. The average molecular weight is 438 g/mol. The second-order valence-electron chi connectivity index (χ2n) is 7.47. The van der Waals surface area contributed by atoms with Crippen LogP contribution in [0.15, 0.2) is 60.0 Å². The number of benzene rings is 2. The Balaban J connectivity index is 1.69. The summed E-state index contributed by atoms with van der Waals surface area (Å²) < 4.78 is 19.8. The van der Waals surface area contributed by atoms with E-state index in [4.69, 9.17) is 4.74 Å². The van der Waals surface area contributed by atoms with Gasteiger partial charge >= 0.3 is 0 Å². The normalized spacial score (nSPS) is 11.6. The third-order valence-corrected chi connectivity index (χ3v) is 4.89. The maximum absolute atomic E-state index is 13.9. The second-order valence-corrected chi connectivity index (χ2v) is 7.47. The molecule has 1 unspecified atom stereocenters. The molecule has 0 saturated heterocycles. The lowest BCUT2D eigenvalue weighted by Gasteiger charge is -2.24. The van der Waals surface area contributed by atoms with Gasteiger partial charge in [0.05, 0.1) is 12.4 Å². The van der Waals surface area contributed by atoms with Crippen LogP contribution in [0.25, 0.3) is 0 Å². The Morgan fingerprint density at radius 3 is 2.44 bits per heavy atom. The first-order valence-corrected chi connectivity index (χ1v) is 10.8.